The van der Waals surface area contributed by atoms with E-state index >= 15 is 0 Å². The van der Waals surface area contributed by atoms with Crippen molar-refractivity contribution in [1.82, 2.24) is 14.5 Å². The highest BCUT2D eigenvalue weighted by Gasteiger charge is 2.40. The first kappa shape index (κ1) is 17.9. The Bertz CT molecular complexity index is 845. The maximum atomic E-state index is 12.9. The van der Waals surface area contributed by atoms with Crippen molar-refractivity contribution in [2.75, 3.05) is 57.5 Å². The molecule has 0 atom stereocenters. The number of carbonyl (C=O) groups is 1. The lowest BCUT2D eigenvalue weighted by Crippen LogP contribution is -2.48. The Morgan fingerprint density at radius 3 is 2.50 bits per heavy atom. The first-order valence-electron chi connectivity index (χ1n) is 10.1. The highest BCUT2D eigenvalue weighted by Crippen LogP contribution is 2.31. The molecule has 3 aliphatic heterocycles. The van der Waals surface area contributed by atoms with Crippen LogP contribution in [0.15, 0.2) is 24.4 Å². The Hall–Kier alpha value is -2.16. The van der Waals surface area contributed by atoms with Gasteiger partial charge >= 0.3 is 0 Å². The standard InChI is InChI=1S/C20H26N4O4/c25-18(23-7-4-20(5-8-23)27-13-14-28-20)15-24-6-3-16-1-2-17(21-19(16)24)22-9-11-26-12-10-22/h1-3,6H,4-5,7-15H2. The average molecular weight is 386 g/mol. The molecule has 8 nitrogen and oxygen atoms in total. The third-order valence-corrected chi connectivity index (χ3v) is 5.93. The highest BCUT2D eigenvalue weighted by atomic mass is 16.7. The fourth-order valence-electron chi connectivity index (χ4n) is 4.27. The van der Waals surface area contributed by atoms with Crippen LogP contribution in [0.2, 0.25) is 0 Å². The average Bonchev–Trinajstić information content (AvgIpc) is 3.36. The van der Waals surface area contributed by atoms with Crippen LogP contribution < -0.4 is 4.90 Å². The fraction of sp³-hybridized carbons (Fsp3) is 0.600. The van der Waals surface area contributed by atoms with Gasteiger partial charge in [0, 0.05) is 50.6 Å². The second-order valence-electron chi connectivity index (χ2n) is 7.61. The third-order valence-electron chi connectivity index (χ3n) is 5.93. The molecule has 5 rings (SSSR count). The number of anilines is 1. The van der Waals surface area contributed by atoms with Gasteiger partial charge in [0.1, 0.15) is 18.0 Å². The summed E-state index contributed by atoms with van der Waals surface area (Å²) in [5.41, 5.74) is 0.855. The first-order chi connectivity index (χ1) is 13.7. The molecule has 0 unspecified atom stereocenters. The molecule has 2 aromatic rings. The van der Waals surface area contributed by atoms with Crippen LogP contribution in [-0.2, 0) is 25.5 Å². The van der Waals surface area contributed by atoms with E-state index in [4.69, 9.17) is 19.2 Å². The number of fused-ring (bicyclic) bond motifs is 1. The van der Waals surface area contributed by atoms with E-state index in [1.165, 1.54) is 0 Å². The molecule has 1 amide bonds. The number of hydrogen-bond acceptors (Lipinski definition) is 6. The Balaban J connectivity index is 1.28. The Morgan fingerprint density at radius 1 is 1.00 bits per heavy atom. The highest BCUT2D eigenvalue weighted by molar-refractivity contribution is 5.82. The van der Waals surface area contributed by atoms with Gasteiger partial charge in [-0.15, -0.1) is 0 Å². The first-order valence-corrected chi connectivity index (χ1v) is 10.1. The van der Waals surface area contributed by atoms with Crippen LogP contribution in [0.3, 0.4) is 0 Å². The van der Waals surface area contributed by atoms with Crippen LogP contribution in [0.5, 0.6) is 0 Å². The van der Waals surface area contributed by atoms with Gasteiger partial charge in [0.25, 0.3) is 0 Å². The van der Waals surface area contributed by atoms with Gasteiger partial charge in [0.15, 0.2) is 5.79 Å². The molecule has 28 heavy (non-hydrogen) atoms. The van der Waals surface area contributed by atoms with Crippen molar-refractivity contribution in [3.63, 3.8) is 0 Å². The predicted molar refractivity (Wildman–Crippen MR) is 103 cm³/mol. The normalized spacial score (nSPS) is 22.3. The maximum absolute atomic E-state index is 12.9. The largest absolute Gasteiger partial charge is 0.378 e. The van der Waals surface area contributed by atoms with Crippen LogP contribution in [0.1, 0.15) is 12.8 Å². The quantitative estimate of drug-likeness (QED) is 0.791. The molecule has 0 radical (unpaired) electrons. The van der Waals surface area contributed by atoms with Gasteiger partial charge in [-0.05, 0) is 18.2 Å². The number of morpholine rings is 1. The number of ether oxygens (including phenoxy) is 3. The minimum atomic E-state index is -0.453. The molecule has 3 fully saturated rings. The summed E-state index contributed by atoms with van der Waals surface area (Å²) in [7, 11) is 0. The van der Waals surface area contributed by atoms with Crippen LogP contribution in [0, 0.1) is 0 Å². The molecule has 0 N–H and O–H groups in total. The molecule has 0 bridgehead atoms. The Morgan fingerprint density at radius 2 is 1.75 bits per heavy atom. The molecule has 8 heteroatoms. The maximum Gasteiger partial charge on any atom is 0.242 e. The van der Waals surface area contributed by atoms with E-state index in [0.29, 0.717) is 32.8 Å². The number of rotatable bonds is 3. The van der Waals surface area contributed by atoms with Gasteiger partial charge in [-0.2, -0.15) is 0 Å². The van der Waals surface area contributed by atoms with Crippen LogP contribution in [0.25, 0.3) is 11.0 Å². The lowest BCUT2D eigenvalue weighted by atomic mass is 10.0. The van der Waals surface area contributed by atoms with E-state index in [0.717, 1.165) is 56.0 Å². The number of likely N-dealkylation sites (tertiary alicyclic amines) is 1. The number of hydrogen-bond donors (Lipinski definition) is 0. The molecule has 5 heterocycles. The van der Waals surface area contributed by atoms with Crippen molar-refractivity contribution < 1.29 is 19.0 Å². The van der Waals surface area contributed by atoms with Crippen molar-refractivity contribution in [3.8, 4) is 0 Å². The second kappa shape index (κ2) is 7.35. The molecule has 3 saturated heterocycles. The fourth-order valence-corrected chi connectivity index (χ4v) is 4.27. The molecule has 0 aliphatic carbocycles. The van der Waals surface area contributed by atoms with E-state index in [2.05, 4.69) is 11.0 Å². The van der Waals surface area contributed by atoms with E-state index in [1.54, 1.807) is 0 Å². The topological polar surface area (TPSA) is 69.1 Å². The molecule has 0 aromatic carbocycles. The number of nitrogens with zero attached hydrogens (tertiary/aromatic N) is 4. The Kier molecular flexibility index (Phi) is 4.70. The van der Waals surface area contributed by atoms with Crippen molar-refractivity contribution >= 4 is 22.8 Å². The molecule has 0 saturated carbocycles. The van der Waals surface area contributed by atoms with Crippen LogP contribution in [-0.4, -0.2) is 78.8 Å². The van der Waals surface area contributed by atoms with E-state index in [9.17, 15) is 4.79 Å². The van der Waals surface area contributed by atoms with Crippen LogP contribution in [0.4, 0.5) is 5.82 Å². The third kappa shape index (κ3) is 3.36. The van der Waals surface area contributed by atoms with Crippen molar-refractivity contribution in [2.45, 2.75) is 25.2 Å². The van der Waals surface area contributed by atoms with E-state index in [1.807, 2.05) is 27.8 Å². The van der Waals surface area contributed by atoms with Gasteiger partial charge in [-0.1, -0.05) is 0 Å². The van der Waals surface area contributed by atoms with E-state index in [-0.39, 0.29) is 5.91 Å². The summed E-state index contributed by atoms with van der Waals surface area (Å²) < 4.78 is 18.9. The zero-order valence-corrected chi connectivity index (χ0v) is 16.0. The summed E-state index contributed by atoms with van der Waals surface area (Å²) in [6, 6.07) is 6.14. The minimum absolute atomic E-state index is 0.115. The van der Waals surface area contributed by atoms with Gasteiger partial charge in [-0.3, -0.25) is 4.79 Å². The smallest absolute Gasteiger partial charge is 0.242 e. The molecule has 150 valence electrons. The second-order valence-corrected chi connectivity index (χ2v) is 7.61. The van der Waals surface area contributed by atoms with E-state index < -0.39 is 5.79 Å². The summed E-state index contributed by atoms with van der Waals surface area (Å²) in [6.45, 7) is 6.09. The Labute approximate surface area is 164 Å². The lowest BCUT2D eigenvalue weighted by Gasteiger charge is -2.37. The number of pyridine rings is 1. The van der Waals surface area contributed by atoms with Crippen LogP contribution >= 0.6 is 0 Å². The minimum Gasteiger partial charge on any atom is -0.378 e. The van der Waals surface area contributed by atoms with Gasteiger partial charge in [0.05, 0.1) is 26.4 Å². The zero-order chi connectivity index (χ0) is 19.0. The van der Waals surface area contributed by atoms with Crippen molar-refractivity contribution in [2.24, 2.45) is 0 Å². The van der Waals surface area contributed by atoms with Gasteiger partial charge in [-0.25, -0.2) is 4.98 Å². The number of amides is 1. The van der Waals surface area contributed by atoms with Gasteiger partial charge < -0.3 is 28.6 Å². The number of piperidine rings is 1. The molecule has 1 spiro atoms. The SMILES string of the molecule is O=C(Cn1ccc2ccc(N3CCOCC3)nc21)N1CCC2(CC1)OCCO2. The summed E-state index contributed by atoms with van der Waals surface area (Å²) in [5.74, 6) is 0.605. The molecule has 3 aliphatic rings. The number of aromatic nitrogens is 2. The monoisotopic (exact) mass is 386 g/mol. The summed E-state index contributed by atoms with van der Waals surface area (Å²) in [4.78, 5) is 21.8. The summed E-state index contributed by atoms with van der Waals surface area (Å²) >= 11 is 0. The summed E-state index contributed by atoms with van der Waals surface area (Å²) in [6.07, 6.45) is 3.43. The number of carbonyl (C=O) groups excluding carboxylic acids is 1. The molecular formula is C20H26N4O4. The van der Waals surface area contributed by atoms with Crippen molar-refractivity contribution in [1.29, 1.82) is 0 Å². The predicted octanol–water partition coefficient (Wildman–Crippen LogP) is 1.24. The van der Waals surface area contributed by atoms with Gasteiger partial charge in [0.2, 0.25) is 5.91 Å². The van der Waals surface area contributed by atoms with Crippen molar-refractivity contribution in [3.05, 3.63) is 24.4 Å². The zero-order valence-electron chi connectivity index (χ0n) is 16.0. The summed E-state index contributed by atoms with van der Waals surface area (Å²) in [5, 5.41) is 1.05. The lowest BCUT2D eigenvalue weighted by molar-refractivity contribution is -0.187. The molecular weight excluding hydrogens is 360 g/mol. The molecule has 2 aromatic heterocycles.